The molecule has 0 unspecified atom stereocenters. The minimum atomic E-state index is -0.961. The standard InChI is InChI=1S/C13H15NO3/c1-5-10-11(6-2)14(7-12(16)17)8(3)13(10)9(4)15/h5-6H,1-2,7H2,3-4H3,(H,16,17). The number of nitrogens with zero attached hydrogens (tertiary/aromatic N) is 1. The summed E-state index contributed by atoms with van der Waals surface area (Å²) >= 11 is 0. The third-order valence-electron chi connectivity index (χ3n) is 2.65. The lowest BCUT2D eigenvalue weighted by atomic mass is 10.1. The van der Waals surface area contributed by atoms with Gasteiger partial charge in [0.15, 0.2) is 5.78 Å². The van der Waals surface area contributed by atoms with Crippen LogP contribution < -0.4 is 0 Å². The molecule has 0 aromatic carbocycles. The van der Waals surface area contributed by atoms with E-state index in [0.29, 0.717) is 22.5 Å². The van der Waals surface area contributed by atoms with E-state index in [1.165, 1.54) is 6.92 Å². The number of carbonyl (C=O) groups excluding carboxylic acids is 1. The summed E-state index contributed by atoms with van der Waals surface area (Å²) < 4.78 is 1.56. The average Bonchev–Trinajstić information content (AvgIpc) is 2.50. The first-order chi connectivity index (χ1) is 7.93. The minimum Gasteiger partial charge on any atom is -0.480 e. The lowest BCUT2D eigenvalue weighted by Crippen LogP contribution is -2.12. The highest BCUT2D eigenvalue weighted by Crippen LogP contribution is 2.25. The molecule has 90 valence electrons. The zero-order valence-corrected chi connectivity index (χ0v) is 9.99. The Balaban J connectivity index is 3.59. The maximum Gasteiger partial charge on any atom is 0.323 e. The molecule has 0 spiro atoms. The number of carbonyl (C=O) groups is 2. The van der Waals surface area contributed by atoms with E-state index in [2.05, 4.69) is 13.2 Å². The quantitative estimate of drug-likeness (QED) is 0.794. The Bertz CT molecular complexity index is 509. The Labute approximate surface area is 99.9 Å². The van der Waals surface area contributed by atoms with Crippen molar-refractivity contribution in [3.05, 3.63) is 35.7 Å². The van der Waals surface area contributed by atoms with E-state index in [1.807, 2.05) is 0 Å². The van der Waals surface area contributed by atoms with E-state index in [0.717, 1.165) is 0 Å². The van der Waals surface area contributed by atoms with Crippen LogP contribution in [-0.2, 0) is 11.3 Å². The molecule has 0 amide bonds. The number of Topliss-reactive ketones (excluding diaryl/α,β-unsaturated/α-hetero) is 1. The van der Waals surface area contributed by atoms with Crippen LogP contribution in [0.4, 0.5) is 0 Å². The van der Waals surface area contributed by atoms with Crippen molar-refractivity contribution in [3.63, 3.8) is 0 Å². The smallest absolute Gasteiger partial charge is 0.323 e. The second kappa shape index (κ2) is 4.82. The molecule has 1 heterocycles. The highest BCUT2D eigenvalue weighted by atomic mass is 16.4. The number of hydrogen-bond donors (Lipinski definition) is 1. The van der Waals surface area contributed by atoms with Gasteiger partial charge in [-0.3, -0.25) is 9.59 Å². The van der Waals surface area contributed by atoms with Gasteiger partial charge in [-0.1, -0.05) is 19.2 Å². The molecule has 17 heavy (non-hydrogen) atoms. The van der Waals surface area contributed by atoms with Crippen molar-refractivity contribution in [1.29, 1.82) is 0 Å². The number of hydrogen-bond acceptors (Lipinski definition) is 2. The van der Waals surface area contributed by atoms with Crippen molar-refractivity contribution >= 4 is 23.9 Å². The summed E-state index contributed by atoms with van der Waals surface area (Å²) in [5, 5.41) is 8.86. The molecule has 1 rings (SSSR count). The molecule has 0 fully saturated rings. The maximum atomic E-state index is 11.6. The van der Waals surface area contributed by atoms with Crippen LogP contribution in [0.2, 0.25) is 0 Å². The molecule has 0 saturated carbocycles. The molecule has 1 N–H and O–H groups in total. The highest BCUT2D eigenvalue weighted by Gasteiger charge is 2.20. The summed E-state index contributed by atoms with van der Waals surface area (Å²) in [5.74, 6) is -1.07. The van der Waals surface area contributed by atoms with Gasteiger partial charge in [0, 0.05) is 22.5 Å². The summed E-state index contributed by atoms with van der Waals surface area (Å²) in [7, 11) is 0. The number of rotatable bonds is 5. The number of ketones is 1. The second-order valence-corrected chi connectivity index (χ2v) is 3.70. The molecule has 0 aliphatic carbocycles. The van der Waals surface area contributed by atoms with Gasteiger partial charge in [0.1, 0.15) is 6.54 Å². The predicted octanol–water partition coefficient (Wildman–Crippen LogP) is 2.37. The van der Waals surface area contributed by atoms with Crippen molar-refractivity contribution in [3.8, 4) is 0 Å². The summed E-state index contributed by atoms with van der Waals surface area (Å²) in [6.45, 7) is 10.3. The van der Waals surface area contributed by atoms with E-state index < -0.39 is 5.97 Å². The fourth-order valence-corrected chi connectivity index (χ4v) is 1.99. The van der Waals surface area contributed by atoms with Crippen molar-refractivity contribution in [2.45, 2.75) is 20.4 Å². The monoisotopic (exact) mass is 233 g/mol. The van der Waals surface area contributed by atoms with E-state index in [1.54, 1.807) is 23.6 Å². The third-order valence-corrected chi connectivity index (χ3v) is 2.65. The van der Waals surface area contributed by atoms with Crippen LogP contribution in [0.5, 0.6) is 0 Å². The molecule has 0 saturated heterocycles. The summed E-state index contributed by atoms with van der Waals surface area (Å²) in [6.07, 6.45) is 3.10. The van der Waals surface area contributed by atoms with Gasteiger partial charge in [-0.15, -0.1) is 0 Å². The number of carboxylic acids is 1. The molecule has 1 aromatic heterocycles. The van der Waals surface area contributed by atoms with Crippen molar-refractivity contribution in [1.82, 2.24) is 4.57 Å². The Kier molecular flexibility index (Phi) is 3.68. The summed E-state index contributed by atoms with van der Waals surface area (Å²) in [6, 6.07) is 0. The highest BCUT2D eigenvalue weighted by molar-refractivity contribution is 6.00. The average molecular weight is 233 g/mol. The lowest BCUT2D eigenvalue weighted by molar-refractivity contribution is -0.137. The molecule has 1 aromatic rings. The van der Waals surface area contributed by atoms with Gasteiger partial charge in [-0.05, 0) is 19.9 Å². The molecule has 0 aliphatic heterocycles. The van der Waals surface area contributed by atoms with Gasteiger partial charge < -0.3 is 9.67 Å². The Morgan fingerprint density at radius 3 is 2.29 bits per heavy atom. The van der Waals surface area contributed by atoms with Crippen LogP contribution in [0.25, 0.3) is 12.2 Å². The van der Waals surface area contributed by atoms with Crippen molar-refractivity contribution in [2.24, 2.45) is 0 Å². The van der Waals surface area contributed by atoms with Crippen LogP contribution in [0.1, 0.15) is 34.2 Å². The Morgan fingerprint density at radius 2 is 1.94 bits per heavy atom. The molecular formula is C13H15NO3. The van der Waals surface area contributed by atoms with Crippen LogP contribution in [0.3, 0.4) is 0 Å². The Hall–Kier alpha value is -2.10. The summed E-state index contributed by atoms with van der Waals surface area (Å²) in [5.41, 5.74) is 2.40. The second-order valence-electron chi connectivity index (χ2n) is 3.70. The molecule has 4 nitrogen and oxygen atoms in total. The van der Waals surface area contributed by atoms with Gasteiger partial charge in [-0.25, -0.2) is 0 Å². The molecule has 0 atom stereocenters. The van der Waals surface area contributed by atoms with Gasteiger partial charge in [-0.2, -0.15) is 0 Å². The first kappa shape index (κ1) is 13.0. The first-order valence-corrected chi connectivity index (χ1v) is 5.14. The zero-order valence-electron chi connectivity index (χ0n) is 9.99. The van der Waals surface area contributed by atoms with E-state index in [-0.39, 0.29) is 12.3 Å². The van der Waals surface area contributed by atoms with E-state index in [4.69, 9.17) is 5.11 Å². The van der Waals surface area contributed by atoms with Gasteiger partial charge in [0.25, 0.3) is 0 Å². The van der Waals surface area contributed by atoms with Crippen LogP contribution in [-0.4, -0.2) is 21.4 Å². The van der Waals surface area contributed by atoms with Crippen LogP contribution in [0, 0.1) is 6.92 Å². The van der Waals surface area contributed by atoms with Crippen molar-refractivity contribution in [2.75, 3.05) is 0 Å². The largest absolute Gasteiger partial charge is 0.480 e. The lowest BCUT2D eigenvalue weighted by Gasteiger charge is -2.05. The number of aromatic nitrogens is 1. The molecular weight excluding hydrogens is 218 g/mol. The van der Waals surface area contributed by atoms with Crippen molar-refractivity contribution < 1.29 is 14.7 Å². The number of carboxylic acid groups (broad SMARTS) is 1. The number of aliphatic carboxylic acids is 1. The fraction of sp³-hybridized carbons (Fsp3) is 0.231. The summed E-state index contributed by atoms with van der Waals surface area (Å²) in [4.78, 5) is 22.4. The Morgan fingerprint density at radius 1 is 1.35 bits per heavy atom. The van der Waals surface area contributed by atoms with E-state index in [9.17, 15) is 9.59 Å². The van der Waals surface area contributed by atoms with Crippen LogP contribution in [0.15, 0.2) is 13.2 Å². The zero-order chi connectivity index (χ0) is 13.2. The topological polar surface area (TPSA) is 59.3 Å². The molecule has 0 aliphatic rings. The van der Waals surface area contributed by atoms with Gasteiger partial charge in [0.2, 0.25) is 0 Å². The van der Waals surface area contributed by atoms with Crippen LogP contribution >= 0.6 is 0 Å². The fourth-order valence-electron chi connectivity index (χ4n) is 1.99. The van der Waals surface area contributed by atoms with E-state index >= 15 is 0 Å². The van der Waals surface area contributed by atoms with Gasteiger partial charge in [0.05, 0.1) is 0 Å². The predicted molar refractivity (Wildman–Crippen MR) is 67.0 cm³/mol. The SMILES string of the molecule is C=Cc1c(C(C)=O)c(C)n(CC(=O)O)c1C=C. The minimum absolute atomic E-state index is 0.107. The molecule has 0 radical (unpaired) electrons. The first-order valence-electron chi connectivity index (χ1n) is 5.14. The van der Waals surface area contributed by atoms with Gasteiger partial charge >= 0.3 is 5.97 Å². The maximum absolute atomic E-state index is 11.6. The molecule has 4 heteroatoms. The third kappa shape index (κ3) is 2.20. The molecule has 0 bridgehead atoms. The normalized spacial score (nSPS) is 10.0.